The van der Waals surface area contributed by atoms with E-state index in [0.717, 1.165) is 62.2 Å². The van der Waals surface area contributed by atoms with Crippen molar-refractivity contribution in [1.82, 2.24) is 20.0 Å². The summed E-state index contributed by atoms with van der Waals surface area (Å²) in [6.45, 7) is 7.76. The highest BCUT2D eigenvalue weighted by molar-refractivity contribution is 7.11. The number of rotatable bonds is 3. The summed E-state index contributed by atoms with van der Waals surface area (Å²) < 4.78 is 5.33. The summed E-state index contributed by atoms with van der Waals surface area (Å²) in [5, 5.41) is 10.3. The van der Waals surface area contributed by atoms with Crippen LogP contribution in [0.15, 0.2) is 0 Å². The number of carbonyl (C=O) groups is 1. The van der Waals surface area contributed by atoms with Crippen molar-refractivity contribution in [3.8, 4) is 0 Å². The van der Waals surface area contributed by atoms with Gasteiger partial charge in [-0.3, -0.25) is 9.69 Å². The average molecular weight is 310 g/mol. The van der Waals surface area contributed by atoms with Crippen LogP contribution >= 0.6 is 11.3 Å². The fraction of sp³-hybridized carbons (Fsp3) is 0.786. The highest BCUT2D eigenvalue weighted by Crippen LogP contribution is 2.18. The lowest BCUT2D eigenvalue weighted by Gasteiger charge is -2.23. The Morgan fingerprint density at radius 1 is 1.33 bits per heavy atom. The van der Waals surface area contributed by atoms with Gasteiger partial charge in [0.15, 0.2) is 0 Å². The summed E-state index contributed by atoms with van der Waals surface area (Å²) in [5.74, 6) is 0.364. The average Bonchev–Trinajstić information content (AvgIpc) is 3.08. The van der Waals surface area contributed by atoms with Crippen LogP contribution in [0.25, 0.3) is 0 Å². The van der Waals surface area contributed by atoms with Crippen LogP contribution in [0.4, 0.5) is 0 Å². The van der Waals surface area contributed by atoms with Crippen LogP contribution in [-0.2, 0) is 16.1 Å². The highest BCUT2D eigenvalue weighted by Gasteiger charge is 2.29. The molecule has 0 radical (unpaired) electrons. The van der Waals surface area contributed by atoms with Gasteiger partial charge in [-0.05, 0) is 19.8 Å². The predicted molar refractivity (Wildman–Crippen MR) is 80.0 cm³/mol. The molecule has 2 fully saturated rings. The predicted octanol–water partition coefficient (Wildman–Crippen LogP) is 0.917. The second kappa shape index (κ2) is 6.81. The van der Waals surface area contributed by atoms with E-state index in [9.17, 15) is 4.79 Å². The second-order valence-corrected chi connectivity index (χ2v) is 7.00. The normalized spacial score (nSPS) is 24.2. The Bertz CT molecular complexity index is 487. The minimum Gasteiger partial charge on any atom is -0.381 e. The van der Waals surface area contributed by atoms with Gasteiger partial charge in [0.1, 0.15) is 10.0 Å². The standard InChI is InChI=1S/C14H22N4O2S/c1-11-15-16-13(21-11)9-17-4-2-5-18(7-6-17)14(19)12-3-8-20-10-12/h12H,2-10H2,1H3. The third kappa shape index (κ3) is 3.78. The molecule has 116 valence electrons. The summed E-state index contributed by atoms with van der Waals surface area (Å²) in [4.78, 5) is 16.8. The van der Waals surface area contributed by atoms with E-state index in [1.54, 1.807) is 11.3 Å². The van der Waals surface area contributed by atoms with E-state index < -0.39 is 0 Å². The van der Waals surface area contributed by atoms with Gasteiger partial charge >= 0.3 is 0 Å². The van der Waals surface area contributed by atoms with Gasteiger partial charge < -0.3 is 9.64 Å². The van der Waals surface area contributed by atoms with Crippen LogP contribution in [0.5, 0.6) is 0 Å². The van der Waals surface area contributed by atoms with E-state index in [-0.39, 0.29) is 11.8 Å². The zero-order valence-electron chi connectivity index (χ0n) is 12.5. The quantitative estimate of drug-likeness (QED) is 0.831. The minimum atomic E-state index is 0.0855. The summed E-state index contributed by atoms with van der Waals surface area (Å²) in [5.41, 5.74) is 0. The molecule has 0 bridgehead atoms. The summed E-state index contributed by atoms with van der Waals surface area (Å²) >= 11 is 1.65. The molecule has 3 heterocycles. The number of hydrogen-bond donors (Lipinski definition) is 0. The van der Waals surface area contributed by atoms with E-state index in [0.29, 0.717) is 6.61 Å². The molecule has 0 saturated carbocycles. The molecule has 6 nitrogen and oxygen atoms in total. The van der Waals surface area contributed by atoms with Crippen molar-refractivity contribution in [2.24, 2.45) is 5.92 Å². The first-order chi connectivity index (χ1) is 10.2. The molecule has 2 aliphatic heterocycles. The largest absolute Gasteiger partial charge is 0.381 e. The fourth-order valence-corrected chi connectivity index (χ4v) is 3.68. The minimum absolute atomic E-state index is 0.0855. The lowest BCUT2D eigenvalue weighted by molar-refractivity contribution is -0.135. The lowest BCUT2D eigenvalue weighted by Crippen LogP contribution is -2.39. The molecule has 1 aromatic heterocycles. The molecule has 0 spiro atoms. The van der Waals surface area contributed by atoms with Crippen molar-refractivity contribution in [2.45, 2.75) is 26.3 Å². The van der Waals surface area contributed by atoms with E-state index in [2.05, 4.69) is 15.1 Å². The maximum Gasteiger partial charge on any atom is 0.228 e. The summed E-state index contributed by atoms with van der Waals surface area (Å²) in [7, 11) is 0. The van der Waals surface area contributed by atoms with E-state index in [1.165, 1.54) is 0 Å². The molecular formula is C14H22N4O2S. The van der Waals surface area contributed by atoms with E-state index in [1.807, 2.05) is 11.8 Å². The number of hydrogen-bond acceptors (Lipinski definition) is 6. The highest BCUT2D eigenvalue weighted by atomic mass is 32.1. The first-order valence-corrected chi connectivity index (χ1v) is 8.42. The number of nitrogens with zero attached hydrogens (tertiary/aromatic N) is 4. The zero-order valence-corrected chi connectivity index (χ0v) is 13.3. The molecule has 0 aromatic carbocycles. The third-order valence-electron chi connectivity index (χ3n) is 4.11. The molecule has 0 aliphatic carbocycles. The molecule has 1 amide bonds. The van der Waals surface area contributed by atoms with Gasteiger partial charge in [0.05, 0.1) is 19.1 Å². The van der Waals surface area contributed by atoms with Gasteiger partial charge in [0.25, 0.3) is 0 Å². The maximum absolute atomic E-state index is 12.4. The van der Waals surface area contributed by atoms with Gasteiger partial charge in [0, 0.05) is 32.8 Å². The zero-order chi connectivity index (χ0) is 14.7. The molecular weight excluding hydrogens is 288 g/mol. The SMILES string of the molecule is Cc1nnc(CN2CCCN(C(=O)C3CCOC3)CC2)s1. The number of aromatic nitrogens is 2. The Morgan fingerprint density at radius 2 is 2.24 bits per heavy atom. The molecule has 1 aromatic rings. The molecule has 2 aliphatic rings. The molecule has 1 atom stereocenters. The fourth-order valence-electron chi connectivity index (χ4n) is 2.93. The van der Waals surface area contributed by atoms with Crippen molar-refractivity contribution >= 4 is 17.2 Å². The number of amides is 1. The Morgan fingerprint density at radius 3 is 2.95 bits per heavy atom. The summed E-state index contributed by atoms with van der Waals surface area (Å²) in [6, 6.07) is 0. The monoisotopic (exact) mass is 310 g/mol. The van der Waals surface area contributed by atoms with Gasteiger partial charge in [-0.1, -0.05) is 0 Å². The molecule has 3 rings (SSSR count). The second-order valence-electron chi connectivity index (χ2n) is 5.73. The third-order valence-corrected chi connectivity index (χ3v) is 4.93. The lowest BCUT2D eigenvalue weighted by atomic mass is 10.1. The molecule has 2 saturated heterocycles. The number of aryl methyl sites for hydroxylation is 1. The van der Waals surface area contributed by atoms with E-state index >= 15 is 0 Å². The molecule has 1 unspecified atom stereocenters. The van der Waals surface area contributed by atoms with Gasteiger partial charge in [-0.25, -0.2) is 0 Å². The summed E-state index contributed by atoms with van der Waals surface area (Å²) in [6.07, 6.45) is 1.90. The first-order valence-electron chi connectivity index (χ1n) is 7.60. The van der Waals surface area contributed by atoms with Crippen LogP contribution in [0.1, 0.15) is 22.9 Å². The topological polar surface area (TPSA) is 58.6 Å². The number of ether oxygens (including phenoxy) is 1. The molecule has 21 heavy (non-hydrogen) atoms. The Labute approximate surface area is 129 Å². The van der Waals surface area contributed by atoms with Crippen LogP contribution in [-0.4, -0.2) is 65.3 Å². The van der Waals surface area contributed by atoms with Gasteiger partial charge in [-0.2, -0.15) is 0 Å². The van der Waals surface area contributed by atoms with Crippen LogP contribution < -0.4 is 0 Å². The smallest absolute Gasteiger partial charge is 0.228 e. The van der Waals surface area contributed by atoms with Crippen molar-refractivity contribution < 1.29 is 9.53 Å². The molecule has 0 N–H and O–H groups in total. The van der Waals surface area contributed by atoms with Gasteiger partial charge in [0.2, 0.25) is 5.91 Å². The Balaban J connectivity index is 1.52. The van der Waals surface area contributed by atoms with Gasteiger partial charge in [-0.15, -0.1) is 21.5 Å². The van der Waals surface area contributed by atoms with Crippen LogP contribution in [0.3, 0.4) is 0 Å². The van der Waals surface area contributed by atoms with E-state index in [4.69, 9.17) is 4.74 Å². The maximum atomic E-state index is 12.4. The van der Waals surface area contributed by atoms with Crippen molar-refractivity contribution in [2.75, 3.05) is 39.4 Å². The Hall–Kier alpha value is -1.05. The van der Waals surface area contributed by atoms with Crippen LogP contribution in [0, 0.1) is 12.8 Å². The molecule has 7 heteroatoms. The van der Waals surface area contributed by atoms with Crippen molar-refractivity contribution in [3.63, 3.8) is 0 Å². The first kappa shape index (κ1) is 14.9. The number of carbonyl (C=O) groups excluding carboxylic acids is 1. The van der Waals surface area contributed by atoms with Crippen molar-refractivity contribution in [1.29, 1.82) is 0 Å². The Kier molecular flexibility index (Phi) is 4.82. The van der Waals surface area contributed by atoms with Crippen molar-refractivity contribution in [3.05, 3.63) is 10.0 Å². The van der Waals surface area contributed by atoms with Crippen LogP contribution in [0.2, 0.25) is 0 Å².